The highest BCUT2D eigenvalue weighted by atomic mass is 32.3. The number of phenolic OH excluding ortho intramolecular Hbond substituents is 1. The molecular formula is C38H31F2N9O22S8. The molecule has 0 radical (unpaired) electrons. The van der Waals surface area contributed by atoms with E-state index in [-0.39, 0.29) is 26.6 Å². The summed E-state index contributed by atoms with van der Waals surface area (Å²) in [5.41, 5.74) is -0.558. The van der Waals surface area contributed by atoms with Gasteiger partial charge in [-0.05, 0) is 78.2 Å². The van der Waals surface area contributed by atoms with E-state index in [1.807, 2.05) is 0 Å². The molecule has 79 heavy (non-hydrogen) atoms. The van der Waals surface area contributed by atoms with Crippen molar-refractivity contribution in [3.63, 3.8) is 0 Å². The lowest BCUT2D eigenvalue weighted by molar-refractivity contribution is 0.282. The number of halogens is 2. The number of sulfone groups is 2. The van der Waals surface area contributed by atoms with Crippen molar-refractivity contribution in [2.24, 2.45) is 40.9 Å². The Hall–Kier alpha value is -6.84. The smallest absolute Gasteiger partial charge is 0.397 e. The molecule has 6 aromatic rings. The van der Waals surface area contributed by atoms with Crippen molar-refractivity contribution in [1.29, 1.82) is 0 Å². The number of thiol groups is 1. The number of fused-ring (bicyclic) bond motifs is 1. The Morgan fingerprint density at radius 3 is 1.20 bits per heavy atom. The number of nitrogens with two attached hydrogens (primary N) is 1. The Balaban J connectivity index is 1.33. The van der Waals surface area contributed by atoms with Crippen LogP contribution in [0.15, 0.2) is 155 Å². The van der Waals surface area contributed by atoms with Crippen LogP contribution in [-0.4, -0.2) is 112 Å². The molecule has 0 fully saturated rings. The molecule has 0 spiro atoms. The number of rotatable bonds is 21. The van der Waals surface area contributed by atoms with Crippen molar-refractivity contribution in [2.75, 3.05) is 30.5 Å². The van der Waals surface area contributed by atoms with Gasteiger partial charge in [0.15, 0.2) is 37.1 Å². The van der Waals surface area contributed by atoms with E-state index >= 15 is 8.78 Å². The average molecular weight is 1260 g/mol. The van der Waals surface area contributed by atoms with Crippen LogP contribution in [0.4, 0.5) is 60.0 Å². The Kier molecular flexibility index (Phi) is 17.9. The predicted octanol–water partition coefficient (Wildman–Crippen LogP) is 7.28. The van der Waals surface area contributed by atoms with Crippen LogP contribution in [0.5, 0.6) is 5.75 Å². The fourth-order valence-electron chi connectivity index (χ4n) is 6.31. The summed E-state index contributed by atoms with van der Waals surface area (Å²) in [6.07, 6.45) is 0. The predicted molar refractivity (Wildman–Crippen MR) is 268 cm³/mol. The van der Waals surface area contributed by atoms with E-state index in [0.717, 1.165) is 54.6 Å². The number of hydrogen-bond acceptors (Lipinski definition) is 27. The van der Waals surface area contributed by atoms with E-state index in [9.17, 15) is 77.7 Å². The van der Waals surface area contributed by atoms with Crippen molar-refractivity contribution < 1.29 is 104 Å². The van der Waals surface area contributed by atoms with Gasteiger partial charge >= 0.3 is 20.8 Å². The van der Waals surface area contributed by atoms with Crippen LogP contribution in [0.3, 0.4) is 0 Å². The fraction of sp³-hybridized carbons (Fsp3) is 0.105. The maximum Gasteiger partial charge on any atom is 0.397 e. The van der Waals surface area contributed by atoms with Gasteiger partial charge in [0.05, 0.1) is 57.0 Å². The van der Waals surface area contributed by atoms with Gasteiger partial charge in [-0.15, -0.1) is 43.3 Å². The maximum absolute atomic E-state index is 15.5. The highest BCUT2D eigenvalue weighted by Gasteiger charge is 2.27. The van der Waals surface area contributed by atoms with Crippen LogP contribution in [-0.2, 0) is 79.2 Å². The van der Waals surface area contributed by atoms with E-state index in [1.165, 1.54) is 0 Å². The van der Waals surface area contributed by atoms with E-state index in [4.69, 9.17) is 14.8 Å². The van der Waals surface area contributed by atoms with Gasteiger partial charge < -0.3 is 10.8 Å². The molecule has 0 saturated carbocycles. The van der Waals surface area contributed by atoms with Crippen molar-refractivity contribution in [2.45, 2.75) is 29.4 Å². The van der Waals surface area contributed by atoms with E-state index < -0.39 is 178 Å². The molecule has 0 aliphatic carbocycles. The molecule has 6 rings (SSSR count). The maximum atomic E-state index is 15.5. The zero-order valence-corrected chi connectivity index (χ0v) is 45.0. The van der Waals surface area contributed by atoms with Gasteiger partial charge in [-0.25, -0.2) is 34.0 Å². The molecular weight excluding hydrogens is 1230 g/mol. The van der Waals surface area contributed by atoms with Crippen LogP contribution >= 0.6 is 12.6 Å². The minimum atomic E-state index is -5.42. The van der Waals surface area contributed by atoms with Gasteiger partial charge in [0.1, 0.15) is 48.8 Å². The fourth-order valence-corrected chi connectivity index (χ4v) is 11.5. The second-order valence-electron chi connectivity index (χ2n) is 15.2. The summed E-state index contributed by atoms with van der Waals surface area (Å²) in [5, 5.41) is 39.3. The van der Waals surface area contributed by atoms with E-state index in [2.05, 4.69) is 61.9 Å². The number of anilines is 1. The summed E-state index contributed by atoms with van der Waals surface area (Å²) >= 11 is 4.17. The summed E-state index contributed by atoms with van der Waals surface area (Å²) in [7, 11) is -34.4. The minimum absolute atomic E-state index is 0.144. The van der Waals surface area contributed by atoms with Gasteiger partial charge in [-0.3, -0.25) is 22.8 Å². The van der Waals surface area contributed by atoms with Gasteiger partial charge in [-0.1, -0.05) is 0 Å². The molecule has 41 heteroatoms. The third-order valence-electron chi connectivity index (χ3n) is 9.84. The zero-order valence-electron chi connectivity index (χ0n) is 38.3. The van der Waals surface area contributed by atoms with Crippen molar-refractivity contribution in [1.82, 2.24) is 0 Å². The molecule has 0 heterocycles. The first kappa shape index (κ1) is 61.4. The van der Waals surface area contributed by atoms with Crippen LogP contribution in [0.25, 0.3) is 10.8 Å². The average Bonchev–Trinajstić information content (AvgIpc) is 3.37. The number of nitrogen functional groups attached to an aromatic ring is 1. The zero-order chi connectivity index (χ0) is 58.8. The monoisotopic (exact) mass is 1260 g/mol. The highest BCUT2D eigenvalue weighted by Crippen LogP contribution is 2.49. The third kappa shape index (κ3) is 15.7. The van der Waals surface area contributed by atoms with E-state index in [1.54, 1.807) is 0 Å². The Morgan fingerprint density at radius 1 is 0.468 bits per heavy atom. The lowest BCUT2D eigenvalue weighted by Gasteiger charge is -2.13. The number of aromatic hydroxyl groups is 1. The van der Waals surface area contributed by atoms with Crippen LogP contribution in [0.2, 0.25) is 0 Å². The first-order valence-corrected chi connectivity index (χ1v) is 31.1. The summed E-state index contributed by atoms with van der Waals surface area (Å²) in [6, 6.07) is 11.3. The topological polar surface area (TPSA) is 504 Å². The molecule has 0 saturated heterocycles. The van der Waals surface area contributed by atoms with Gasteiger partial charge in [0.2, 0.25) is 0 Å². The van der Waals surface area contributed by atoms with Crippen LogP contribution < -0.4 is 5.73 Å². The molecule has 0 aliphatic heterocycles. The third-order valence-corrected chi connectivity index (χ3v) is 17.1. The van der Waals surface area contributed by atoms with Gasteiger partial charge in [0.25, 0.3) is 30.4 Å². The largest absolute Gasteiger partial charge is 0.505 e. The molecule has 0 unspecified atom stereocenters. The first-order valence-electron chi connectivity index (χ1n) is 20.3. The summed E-state index contributed by atoms with van der Waals surface area (Å²) in [5.74, 6) is -5.62. The van der Waals surface area contributed by atoms with Crippen molar-refractivity contribution in [3.05, 3.63) is 96.6 Å². The van der Waals surface area contributed by atoms with Gasteiger partial charge in [-0.2, -0.15) is 52.3 Å². The van der Waals surface area contributed by atoms with Crippen molar-refractivity contribution in [3.8, 4) is 5.75 Å². The molecule has 0 atom stereocenters. The summed E-state index contributed by atoms with van der Waals surface area (Å²) in [6.45, 7) is -1.86. The minimum Gasteiger partial charge on any atom is -0.505 e. The lowest BCUT2D eigenvalue weighted by atomic mass is 10.1. The van der Waals surface area contributed by atoms with E-state index in [0.29, 0.717) is 30.3 Å². The molecule has 31 nitrogen and oxygen atoms in total. The second kappa shape index (κ2) is 23.1. The standard InChI is InChI=1S/C38H31F2N9O22S8/c39-24-15-28(31(75(55,56)57)17-26(24)44-42-20-1-5-22(6-2-20)73(51,52)11-9-70-78(64,65)66)46-48-36-30(72)13-19-14-33(77(61,62)63)37(35(41)34(19)38(36)50)49-47-29-16-25(40)27(18-32(29)76(58,59)60)45-43-21-3-7-23(8-4-21)74(53,54)12-10-71-79(67,68)69/h1-8,13-18,50,72H,9-12,41H2,(H,55,56,57)(H,58,59,60)(H,61,62,63)(H,64,65,66)(H,67,68,69). The first-order chi connectivity index (χ1) is 36.3. The number of phenols is 1. The molecule has 0 bridgehead atoms. The Bertz CT molecular complexity index is 4420. The quantitative estimate of drug-likeness (QED) is 0.0152. The molecule has 0 aliphatic rings. The van der Waals surface area contributed by atoms with Crippen LogP contribution in [0, 0.1) is 11.6 Å². The molecule has 422 valence electrons. The summed E-state index contributed by atoms with van der Waals surface area (Å²) in [4.78, 5) is -4.73. The number of benzene rings is 6. The Morgan fingerprint density at radius 2 is 0.835 bits per heavy atom. The van der Waals surface area contributed by atoms with Crippen LogP contribution in [0.1, 0.15) is 0 Å². The number of azo groups is 4. The molecule has 8 N–H and O–H groups in total. The molecule has 0 amide bonds. The number of hydrogen-bond donors (Lipinski definition) is 8. The number of nitrogens with zero attached hydrogens (tertiary/aromatic N) is 8. The summed E-state index contributed by atoms with van der Waals surface area (Å²) < 4.78 is 254. The Labute approximate surface area is 449 Å². The SMILES string of the molecule is Nc1c(N=Nc2cc(F)c(N=Nc3ccc(S(=O)(=O)CCOS(=O)(=O)O)cc3)cc2S(=O)(=O)O)c(S(=O)(=O)O)cc2cc(S)c(N=Nc3cc(F)c(N=Nc4ccc(S(=O)(=O)CCOS(=O)(=O)O)cc4)cc3S(=O)(=O)O)c(O)c12. The highest BCUT2D eigenvalue weighted by molar-refractivity contribution is 7.92. The normalized spacial score (nSPS) is 13.5. The van der Waals surface area contributed by atoms with Gasteiger partial charge in [0, 0.05) is 17.0 Å². The molecule has 6 aromatic carbocycles. The van der Waals surface area contributed by atoms with Crippen molar-refractivity contribution >= 4 is 145 Å². The lowest BCUT2D eigenvalue weighted by Crippen LogP contribution is -2.15. The molecule has 0 aromatic heterocycles. The second-order valence-corrected chi connectivity index (χ2v) is 26.3.